The summed E-state index contributed by atoms with van der Waals surface area (Å²) in [4.78, 5) is 13.9. The van der Waals surface area contributed by atoms with Gasteiger partial charge in [-0.25, -0.2) is 4.79 Å². The first-order valence-corrected chi connectivity index (χ1v) is 7.00. The third kappa shape index (κ3) is 4.09. The molecule has 0 aromatic carbocycles. The van der Waals surface area contributed by atoms with Gasteiger partial charge in [-0.15, -0.1) is 0 Å². The molecule has 0 aliphatic carbocycles. The van der Waals surface area contributed by atoms with Crippen molar-refractivity contribution in [2.24, 2.45) is 0 Å². The molecule has 1 fully saturated rings. The molecule has 0 saturated carbocycles. The van der Waals surface area contributed by atoms with Crippen molar-refractivity contribution in [2.75, 3.05) is 19.6 Å². The molecule has 0 atom stereocenters. The van der Waals surface area contributed by atoms with E-state index in [1.165, 1.54) is 12.8 Å². The van der Waals surface area contributed by atoms with E-state index >= 15 is 0 Å². The summed E-state index contributed by atoms with van der Waals surface area (Å²) in [5.74, 6) is 0. The number of carbonyl (C=O) groups excluding carboxylic acids is 1. The van der Waals surface area contributed by atoms with Gasteiger partial charge in [0.25, 0.3) is 0 Å². The Balaban J connectivity index is 1.61. The van der Waals surface area contributed by atoms with Gasteiger partial charge in [-0.1, -0.05) is 12.8 Å². The largest absolute Gasteiger partial charge is 0.354 e. The van der Waals surface area contributed by atoms with Gasteiger partial charge in [-0.2, -0.15) is 0 Å². The summed E-state index contributed by atoms with van der Waals surface area (Å²) < 4.78 is 2.14. The Bertz CT molecular complexity index is 340. The van der Waals surface area contributed by atoms with E-state index in [-0.39, 0.29) is 6.03 Å². The number of likely N-dealkylation sites (tertiary alicyclic amines) is 1. The molecule has 0 radical (unpaired) electrons. The summed E-state index contributed by atoms with van der Waals surface area (Å²) in [5.41, 5.74) is 0. The summed E-state index contributed by atoms with van der Waals surface area (Å²) in [6.45, 7) is 3.56. The number of aryl methyl sites for hydroxylation is 1. The van der Waals surface area contributed by atoms with Crippen molar-refractivity contribution < 1.29 is 4.79 Å². The van der Waals surface area contributed by atoms with Crippen LogP contribution in [-0.2, 0) is 6.54 Å². The topological polar surface area (TPSA) is 37.3 Å². The van der Waals surface area contributed by atoms with E-state index in [4.69, 9.17) is 0 Å². The van der Waals surface area contributed by atoms with Crippen molar-refractivity contribution in [1.29, 1.82) is 0 Å². The molecule has 1 aliphatic heterocycles. The van der Waals surface area contributed by atoms with E-state index in [0.29, 0.717) is 0 Å². The average Bonchev–Trinajstić information content (AvgIpc) is 2.74. The van der Waals surface area contributed by atoms with Crippen LogP contribution in [0, 0.1) is 0 Å². The van der Waals surface area contributed by atoms with Crippen LogP contribution in [-0.4, -0.2) is 35.1 Å². The number of amides is 2. The second-order valence-electron chi connectivity index (χ2n) is 4.91. The van der Waals surface area contributed by atoms with Gasteiger partial charge in [-0.3, -0.25) is 0 Å². The summed E-state index contributed by atoms with van der Waals surface area (Å²) in [6, 6.07) is 4.16. The van der Waals surface area contributed by atoms with Crippen molar-refractivity contribution in [3.8, 4) is 0 Å². The van der Waals surface area contributed by atoms with Gasteiger partial charge < -0.3 is 14.8 Å². The van der Waals surface area contributed by atoms with Crippen LogP contribution in [0.25, 0.3) is 0 Å². The van der Waals surface area contributed by atoms with Crippen molar-refractivity contribution in [3.05, 3.63) is 24.5 Å². The molecule has 1 aromatic heterocycles. The lowest BCUT2D eigenvalue weighted by molar-refractivity contribution is 0.199. The fourth-order valence-electron chi connectivity index (χ4n) is 2.36. The van der Waals surface area contributed by atoms with Gasteiger partial charge in [0, 0.05) is 38.6 Å². The van der Waals surface area contributed by atoms with Gasteiger partial charge in [-0.05, 0) is 31.4 Å². The lowest BCUT2D eigenvalue weighted by Gasteiger charge is -2.20. The highest BCUT2D eigenvalue weighted by Gasteiger charge is 2.14. The van der Waals surface area contributed by atoms with E-state index in [1.54, 1.807) is 0 Å². The number of nitrogens with zero attached hydrogens (tertiary/aromatic N) is 2. The Morgan fingerprint density at radius 2 is 1.72 bits per heavy atom. The molecular weight excluding hydrogens is 226 g/mol. The molecule has 100 valence electrons. The van der Waals surface area contributed by atoms with E-state index in [9.17, 15) is 4.79 Å². The Morgan fingerprint density at radius 3 is 2.39 bits per heavy atom. The fraction of sp³-hybridized carbons (Fsp3) is 0.643. The monoisotopic (exact) mass is 249 g/mol. The molecule has 0 bridgehead atoms. The van der Waals surface area contributed by atoms with Gasteiger partial charge in [0.1, 0.15) is 0 Å². The lowest BCUT2D eigenvalue weighted by atomic mass is 10.2. The van der Waals surface area contributed by atoms with E-state index < -0.39 is 0 Å². The minimum absolute atomic E-state index is 0.115. The maximum Gasteiger partial charge on any atom is 0.317 e. The number of nitrogens with one attached hydrogen (secondary N) is 1. The van der Waals surface area contributed by atoms with Crippen LogP contribution in [0.4, 0.5) is 4.79 Å². The van der Waals surface area contributed by atoms with E-state index in [2.05, 4.69) is 22.3 Å². The predicted molar refractivity (Wildman–Crippen MR) is 72.5 cm³/mol. The zero-order valence-corrected chi connectivity index (χ0v) is 11.0. The molecule has 0 unspecified atom stereocenters. The van der Waals surface area contributed by atoms with Gasteiger partial charge in [0.15, 0.2) is 0 Å². The summed E-state index contributed by atoms with van der Waals surface area (Å²) in [5, 5.41) is 3.02. The zero-order chi connectivity index (χ0) is 12.6. The van der Waals surface area contributed by atoms with E-state index in [1.807, 2.05) is 17.0 Å². The smallest absolute Gasteiger partial charge is 0.317 e. The van der Waals surface area contributed by atoms with Crippen molar-refractivity contribution in [3.63, 3.8) is 0 Å². The maximum absolute atomic E-state index is 11.9. The first-order valence-electron chi connectivity index (χ1n) is 7.00. The van der Waals surface area contributed by atoms with Gasteiger partial charge >= 0.3 is 6.03 Å². The van der Waals surface area contributed by atoms with Crippen LogP contribution in [0.2, 0.25) is 0 Å². The molecule has 4 nitrogen and oxygen atoms in total. The first kappa shape index (κ1) is 13.0. The van der Waals surface area contributed by atoms with Crippen LogP contribution >= 0.6 is 0 Å². The van der Waals surface area contributed by atoms with Crippen molar-refractivity contribution in [2.45, 2.75) is 38.6 Å². The standard InChI is InChI=1S/C14H23N3O/c18-14(17-12-3-1-2-4-13-17)15-8-7-11-16-9-5-6-10-16/h5-6,9-10H,1-4,7-8,11-13H2,(H,15,18). The minimum atomic E-state index is 0.115. The number of hydrogen-bond donors (Lipinski definition) is 1. The molecule has 2 rings (SSSR count). The summed E-state index contributed by atoms with van der Waals surface area (Å²) >= 11 is 0. The van der Waals surface area contributed by atoms with E-state index in [0.717, 1.165) is 45.4 Å². The van der Waals surface area contributed by atoms with Crippen LogP contribution in [0.1, 0.15) is 32.1 Å². The minimum Gasteiger partial charge on any atom is -0.354 e. The number of carbonyl (C=O) groups is 1. The van der Waals surface area contributed by atoms with Gasteiger partial charge in [0.05, 0.1) is 0 Å². The second-order valence-corrected chi connectivity index (χ2v) is 4.91. The Labute approximate surface area is 109 Å². The van der Waals surface area contributed by atoms with Crippen molar-refractivity contribution >= 4 is 6.03 Å². The molecule has 1 aromatic rings. The maximum atomic E-state index is 11.9. The molecule has 2 heterocycles. The highest BCUT2D eigenvalue weighted by Crippen LogP contribution is 2.09. The predicted octanol–water partition coefficient (Wildman–Crippen LogP) is 2.46. The normalized spacial score (nSPS) is 16.3. The SMILES string of the molecule is O=C(NCCCn1cccc1)N1CCCCCC1. The molecule has 2 amide bonds. The highest BCUT2D eigenvalue weighted by molar-refractivity contribution is 5.74. The molecule has 1 saturated heterocycles. The quantitative estimate of drug-likeness (QED) is 0.818. The van der Waals surface area contributed by atoms with Crippen LogP contribution in [0.15, 0.2) is 24.5 Å². The van der Waals surface area contributed by atoms with Crippen LogP contribution in [0.3, 0.4) is 0 Å². The number of aromatic nitrogens is 1. The average molecular weight is 249 g/mol. The summed E-state index contributed by atoms with van der Waals surface area (Å²) in [6.07, 6.45) is 9.91. The Hall–Kier alpha value is -1.45. The molecule has 1 aliphatic rings. The third-order valence-electron chi connectivity index (χ3n) is 3.43. The van der Waals surface area contributed by atoms with Crippen LogP contribution < -0.4 is 5.32 Å². The molecule has 4 heteroatoms. The third-order valence-corrected chi connectivity index (χ3v) is 3.43. The zero-order valence-electron chi connectivity index (χ0n) is 11.0. The molecule has 0 spiro atoms. The van der Waals surface area contributed by atoms with Crippen molar-refractivity contribution in [1.82, 2.24) is 14.8 Å². The molecular formula is C14H23N3O. The number of rotatable bonds is 4. The van der Waals surface area contributed by atoms with Gasteiger partial charge in [0.2, 0.25) is 0 Å². The molecule has 1 N–H and O–H groups in total. The molecule has 18 heavy (non-hydrogen) atoms. The lowest BCUT2D eigenvalue weighted by Crippen LogP contribution is -2.40. The second kappa shape index (κ2) is 7.09. The highest BCUT2D eigenvalue weighted by atomic mass is 16.2. The number of urea groups is 1. The first-order chi connectivity index (χ1) is 8.86. The Kier molecular flexibility index (Phi) is 5.12. The number of hydrogen-bond acceptors (Lipinski definition) is 1. The summed E-state index contributed by atoms with van der Waals surface area (Å²) in [7, 11) is 0. The Morgan fingerprint density at radius 1 is 1.06 bits per heavy atom. The van der Waals surface area contributed by atoms with Crippen LogP contribution in [0.5, 0.6) is 0 Å². The fourth-order valence-corrected chi connectivity index (χ4v) is 2.36.